The van der Waals surface area contributed by atoms with E-state index in [2.05, 4.69) is 66.7 Å². The summed E-state index contributed by atoms with van der Waals surface area (Å²) < 4.78 is 5.56. The molecular weight excluding hydrogens is 318 g/mol. The molecule has 0 unspecified atom stereocenters. The van der Waals surface area contributed by atoms with Gasteiger partial charge in [0, 0.05) is 22.5 Å². The van der Waals surface area contributed by atoms with Crippen LogP contribution in [0.3, 0.4) is 0 Å². The minimum Gasteiger partial charge on any atom is -0.496 e. The zero-order valence-electron chi connectivity index (χ0n) is 14.4. The average molecular weight is 335 g/mol. The van der Waals surface area contributed by atoms with Crippen molar-refractivity contribution in [1.82, 2.24) is 4.98 Å². The molecule has 5 aromatic rings. The number of benzene rings is 4. The minimum atomic E-state index is 0.884. The van der Waals surface area contributed by atoms with Gasteiger partial charge in [0.2, 0.25) is 0 Å². The standard InChI is InChI=1S/C24H17NO/c1-26-22-13-12-21(19-8-4-5-9-20(19)22)24-23-17(14-15-25-24)11-10-16-6-2-3-7-18(16)23/h2-15H,1H3. The minimum absolute atomic E-state index is 0.884. The van der Waals surface area contributed by atoms with Gasteiger partial charge < -0.3 is 4.74 Å². The Labute approximate surface area is 151 Å². The van der Waals surface area contributed by atoms with Crippen molar-refractivity contribution < 1.29 is 4.74 Å². The highest BCUT2D eigenvalue weighted by atomic mass is 16.5. The van der Waals surface area contributed by atoms with Crippen molar-refractivity contribution in [3.05, 3.63) is 85.1 Å². The second-order valence-corrected chi connectivity index (χ2v) is 6.41. The van der Waals surface area contributed by atoms with E-state index in [1.807, 2.05) is 18.3 Å². The van der Waals surface area contributed by atoms with Crippen molar-refractivity contribution >= 4 is 32.3 Å². The summed E-state index contributed by atoms with van der Waals surface area (Å²) in [6, 6.07) is 27.4. The smallest absolute Gasteiger partial charge is 0.126 e. The van der Waals surface area contributed by atoms with Crippen LogP contribution in [0, 0.1) is 0 Å². The average Bonchev–Trinajstić information content (AvgIpc) is 2.72. The summed E-state index contributed by atoms with van der Waals surface area (Å²) in [5, 5.41) is 7.11. The number of pyridine rings is 1. The summed E-state index contributed by atoms with van der Waals surface area (Å²) in [5.41, 5.74) is 2.14. The van der Waals surface area contributed by atoms with Gasteiger partial charge in [-0.05, 0) is 39.7 Å². The molecule has 0 fully saturated rings. The molecule has 0 aliphatic rings. The van der Waals surface area contributed by atoms with Gasteiger partial charge in [-0.2, -0.15) is 0 Å². The van der Waals surface area contributed by atoms with E-state index in [9.17, 15) is 0 Å². The number of fused-ring (bicyclic) bond motifs is 4. The Morgan fingerprint density at radius 2 is 1.38 bits per heavy atom. The van der Waals surface area contributed by atoms with E-state index in [4.69, 9.17) is 9.72 Å². The van der Waals surface area contributed by atoms with Crippen LogP contribution in [0.1, 0.15) is 0 Å². The van der Waals surface area contributed by atoms with Gasteiger partial charge in [0.05, 0.1) is 12.8 Å². The fraction of sp³-hybridized carbons (Fsp3) is 0.0417. The number of hydrogen-bond acceptors (Lipinski definition) is 2. The molecule has 0 amide bonds. The molecule has 0 bridgehead atoms. The first-order chi connectivity index (χ1) is 12.9. The Morgan fingerprint density at radius 1 is 0.654 bits per heavy atom. The number of ether oxygens (including phenoxy) is 1. The largest absolute Gasteiger partial charge is 0.496 e. The van der Waals surface area contributed by atoms with E-state index in [0.717, 1.165) is 27.8 Å². The lowest BCUT2D eigenvalue weighted by Crippen LogP contribution is -1.91. The molecule has 1 aromatic heterocycles. The zero-order chi connectivity index (χ0) is 17.5. The highest BCUT2D eigenvalue weighted by Gasteiger charge is 2.13. The molecule has 0 aliphatic heterocycles. The van der Waals surface area contributed by atoms with E-state index >= 15 is 0 Å². The zero-order valence-corrected chi connectivity index (χ0v) is 14.4. The molecule has 0 spiro atoms. The van der Waals surface area contributed by atoms with Crippen molar-refractivity contribution in [3.63, 3.8) is 0 Å². The van der Waals surface area contributed by atoms with Crippen molar-refractivity contribution in [2.45, 2.75) is 0 Å². The third kappa shape index (κ3) is 2.16. The van der Waals surface area contributed by atoms with Crippen LogP contribution in [0.4, 0.5) is 0 Å². The molecule has 0 saturated heterocycles. The maximum atomic E-state index is 5.56. The first kappa shape index (κ1) is 14.9. The molecule has 2 nitrogen and oxygen atoms in total. The summed E-state index contributed by atoms with van der Waals surface area (Å²) in [5.74, 6) is 0.884. The van der Waals surface area contributed by atoms with Crippen molar-refractivity contribution in [1.29, 1.82) is 0 Å². The Hall–Kier alpha value is -3.39. The predicted octanol–water partition coefficient (Wildman–Crippen LogP) is 6.22. The summed E-state index contributed by atoms with van der Waals surface area (Å²) in [6.07, 6.45) is 1.89. The van der Waals surface area contributed by atoms with E-state index in [0.29, 0.717) is 0 Å². The summed E-state index contributed by atoms with van der Waals surface area (Å²) >= 11 is 0. The van der Waals surface area contributed by atoms with E-state index in [1.54, 1.807) is 7.11 Å². The van der Waals surface area contributed by atoms with Gasteiger partial charge in [0.1, 0.15) is 5.75 Å². The van der Waals surface area contributed by atoms with Gasteiger partial charge >= 0.3 is 0 Å². The fourth-order valence-corrected chi connectivity index (χ4v) is 3.81. The Kier molecular flexibility index (Phi) is 3.36. The number of hydrogen-bond donors (Lipinski definition) is 0. The molecule has 1 heterocycles. The molecule has 0 N–H and O–H groups in total. The van der Waals surface area contributed by atoms with E-state index in [1.165, 1.54) is 21.5 Å². The Bertz CT molecular complexity index is 1270. The van der Waals surface area contributed by atoms with Crippen LogP contribution in [0.15, 0.2) is 85.1 Å². The maximum absolute atomic E-state index is 5.56. The van der Waals surface area contributed by atoms with Crippen LogP contribution in [-0.4, -0.2) is 12.1 Å². The molecule has 5 rings (SSSR count). The van der Waals surface area contributed by atoms with Crippen LogP contribution in [0.2, 0.25) is 0 Å². The summed E-state index contributed by atoms with van der Waals surface area (Å²) in [4.78, 5) is 4.79. The lowest BCUT2D eigenvalue weighted by Gasteiger charge is -2.13. The SMILES string of the molecule is COc1ccc(-c2nccc3ccc4ccccc4c23)c2ccccc12. The fourth-order valence-electron chi connectivity index (χ4n) is 3.81. The maximum Gasteiger partial charge on any atom is 0.126 e. The quantitative estimate of drug-likeness (QED) is 0.357. The predicted molar refractivity (Wildman–Crippen MR) is 109 cm³/mol. The summed E-state index contributed by atoms with van der Waals surface area (Å²) in [6.45, 7) is 0. The molecule has 26 heavy (non-hydrogen) atoms. The molecule has 124 valence electrons. The third-order valence-electron chi connectivity index (χ3n) is 5.01. The highest BCUT2D eigenvalue weighted by Crippen LogP contribution is 2.38. The Balaban J connectivity index is 1.94. The van der Waals surface area contributed by atoms with Crippen molar-refractivity contribution in [2.24, 2.45) is 0 Å². The van der Waals surface area contributed by atoms with Gasteiger partial charge in [0.25, 0.3) is 0 Å². The third-order valence-corrected chi connectivity index (χ3v) is 5.01. The molecule has 0 aliphatic carbocycles. The van der Waals surface area contributed by atoms with Crippen molar-refractivity contribution in [2.75, 3.05) is 7.11 Å². The van der Waals surface area contributed by atoms with E-state index in [-0.39, 0.29) is 0 Å². The Morgan fingerprint density at radius 3 is 2.23 bits per heavy atom. The molecule has 0 saturated carbocycles. The second kappa shape index (κ2) is 5.85. The second-order valence-electron chi connectivity index (χ2n) is 6.41. The number of aromatic nitrogens is 1. The number of methoxy groups -OCH3 is 1. The van der Waals surface area contributed by atoms with Crippen LogP contribution >= 0.6 is 0 Å². The van der Waals surface area contributed by atoms with Crippen molar-refractivity contribution in [3.8, 4) is 17.0 Å². The first-order valence-electron chi connectivity index (χ1n) is 8.69. The number of rotatable bonds is 2. The molecule has 4 aromatic carbocycles. The molecule has 0 radical (unpaired) electrons. The van der Waals surface area contributed by atoms with Crippen LogP contribution in [-0.2, 0) is 0 Å². The van der Waals surface area contributed by atoms with Gasteiger partial charge in [-0.1, -0.05) is 60.7 Å². The monoisotopic (exact) mass is 335 g/mol. The van der Waals surface area contributed by atoms with Crippen LogP contribution in [0.25, 0.3) is 43.6 Å². The summed E-state index contributed by atoms with van der Waals surface area (Å²) in [7, 11) is 1.71. The van der Waals surface area contributed by atoms with Gasteiger partial charge in [-0.25, -0.2) is 0 Å². The van der Waals surface area contributed by atoms with Gasteiger partial charge in [-0.3, -0.25) is 4.98 Å². The van der Waals surface area contributed by atoms with E-state index < -0.39 is 0 Å². The molecule has 0 atom stereocenters. The lowest BCUT2D eigenvalue weighted by atomic mass is 9.94. The van der Waals surface area contributed by atoms with Crippen LogP contribution < -0.4 is 4.74 Å². The topological polar surface area (TPSA) is 22.1 Å². The van der Waals surface area contributed by atoms with Gasteiger partial charge in [-0.15, -0.1) is 0 Å². The molecular formula is C24H17NO. The highest BCUT2D eigenvalue weighted by molar-refractivity contribution is 6.15. The van der Waals surface area contributed by atoms with Crippen LogP contribution in [0.5, 0.6) is 5.75 Å². The molecule has 2 heteroatoms. The normalized spacial score (nSPS) is 11.3. The van der Waals surface area contributed by atoms with Gasteiger partial charge in [0.15, 0.2) is 0 Å². The first-order valence-corrected chi connectivity index (χ1v) is 8.69. The number of nitrogens with zero attached hydrogens (tertiary/aromatic N) is 1. The lowest BCUT2D eigenvalue weighted by molar-refractivity contribution is 0.420.